The van der Waals surface area contributed by atoms with Crippen LogP contribution in [0.3, 0.4) is 0 Å². The van der Waals surface area contributed by atoms with Crippen molar-refractivity contribution in [1.82, 2.24) is 15.3 Å². The van der Waals surface area contributed by atoms with Crippen LogP contribution in [-0.2, 0) is 6.54 Å². The molecule has 4 heteroatoms. The standard InChI is InChI=1S/C16H18FN3/c1-10-3-4-12(8-15(10)17)16-19-11(2)7-14(20-16)9-18-13-5-6-13/h3-4,7-8,13,18H,5-6,9H2,1-2H3. The van der Waals surface area contributed by atoms with E-state index < -0.39 is 0 Å². The van der Waals surface area contributed by atoms with Crippen LogP contribution in [0.4, 0.5) is 4.39 Å². The van der Waals surface area contributed by atoms with Gasteiger partial charge >= 0.3 is 0 Å². The van der Waals surface area contributed by atoms with Crippen LogP contribution in [0.15, 0.2) is 24.3 Å². The van der Waals surface area contributed by atoms with Crippen LogP contribution in [0.2, 0.25) is 0 Å². The lowest BCUT2D eigenvalue weighted by Gasteiger charge is -2.08. The van der Waals surface area contributed by atoms with E-state index in [0.717, 1.165) is 23.5 Å². The van der Waals surface area contributed by atoms with E-state index in [1.54, 1.807) is 13.0 Å². The third-order valence-corrected chi connectivity index (χ3v) is 3.49. The summed E-state index contributed by atoms with van der Waals surface area (Å²) in [6.07, 6.45) is 2.50. The molecule has 104 valence electrons. The number of benzene rings is 1. The van der Waals surface area contributed by atoms with Crippen LogP contribution in [0, 0.1) is 19.7 Å². The van der Waals surface area contributed by atoms with Crippen molar-refractivity contribution in [3.63, 3.8) is 0 Å². The van der Waals surface area contributed by atoms with Gasteiger partial charge in [-0.15, -0.1) is 0 Å². The fourth-order valence-electron chi connectivity index (χ4n) is 2.12. The van der Waals surface area contributed by atoms with E-state index in [9.17, 15) is 4.39 Å². The molecule has 0 saturated heterocycles. The van der Waals surface area contributed by atoms with Gasteiger partial charge in [0, 0.05) is 23.8 Å². The van der Waals surface area contributed by atoms with Crippen LogP contribution in [0.1, 0.15) is 29.8 Å². The Balaban J connectivity index is 1.88. The molecule has 1 fully saturated rings. The van der Waals surface area contributed by atoms with Gasteiger partial charge in [0.05, 0.1) is 5.69 Å². The molecule has 2 aromatic rings. The molecule has 0 atom stereocenters. The molecule has 20 heavy (non-hydrogen) atoms. The third-order valence-electron chi connectivity index (χ3n) is 3.49. The molecule has 0 unspecified atom stereocenters. The summed E-state index contributed by atoms with van der Waals surface area (Å²) in [4.78, 5) is 8.95. The molecule has 0 radical (unpaired) electrons. The largest absolute Gasteiger partial charge is 0.308 e. The molecule has 3 rings (SSSR count). The number of aromatic nitrogens is 2. The Morgan fingerprint density at radius 2 is 2.00 bits per heavy atom. The summed E-state index contributed by atoms with van der Waals surface area (Å²) in [5.41, 5.74) is 3.23. The summed E-state index contributed by atoms with van der Waals surface area (Å²) in [7, 11) is 0. The summed E-state index contributed by atoms with van der Waals surface area (Å²) >= 11 is 0. The predicted octanol–water partition coefficient (Wildman–Crippen LogP) is 3.15. The molecule has 0 spiro atoms. The van der Waals surface area contributed by atoms with Crippen LogP contribution in [-0.4, -0.2) is 16.0 Å². The van der Waals surface area contributed by atoms with E-state index >= 15 is 0 Å². The molecule has 1 saturated carbocycles. The van der Waals surface area contributed by atoms with Gasteiger partial charge in [-0.2, -0.15) is 0 Å². The molecular formula is C16H18FN3. The molecule has 0 aliphatic heterocycles. The maximum atomic E-state index is 13.7. The number of aryl methyl sites for hydroxylation is 2. The second-order valence-corrected chi connectivity index (χ2v) is 5.44. The monoisotopic (exact) mass is 271 g/mol. The summed E-state index contributed by atoms with van der Waals surface area (Å²) < 4.78 is 13.7. The van der Waals surface area contributed by atoms with Crippen molar-refractivity contribution in [2.24, 2.45) is 0 Å². The number of rotatable bonds is 4. The number of hydrogen-bond acceptors (Lipinski definition) is 3. The fraction of sp³-hybridized carbons (Fsp3) is 0.375. The Labute approximate surface area is 118 Å². The van der Waals surface area contributed by atoms with Gasteiger partial charge in [-0.1, -0.05) is 12.1 Å². The van der Waals surface area contributed by atoms with Crippen LogP contribution < -0.4 is 5.32 Å². The molecule has 1 aliphatic rings. The van der Waals surface area contributed by atoms with Gasteiger partial charge in [0.1, 0.15) is 5.82 Å². The van der Waals surface area contributed by atoms with E-state index in [-0.39, 0.29) is 5.82 Å². The molecule has 1 aromatic carbocycles. The topological polar surface area (TPSA) is 37.8 Å². The minimum absolute atomic E-state index is 0.217. The second kappa shape index (κ2) is 5.29. The van der Waals surface area contributed by atoms with Crippen molar-refractivity contribution in [2.45, 2.75) is 39.3 Å². The average molecular weight is 271 g/mol. The third kappa shape index (κ3) is 3.02. The Morgan fingerprint density at radius 1 is 1.20 bits per heavy atom. The number of nitrogens with zero attached hydrogens (tertiary/aromatic N) is 2. The highest BCUT2D eigenvalue weighted by molar-refractivity contribution is 5.56. The number of halogens is 1. The average Bonchev–Trinajstić information content (AvgIpc) is 3.23. The normalized spacial score (nSPS) is 14.6. The van der Waals surface area contributed by atoms with Crippen LogP contribution >= 0.6 is 0 Å². The van der Waals surface area contributed by atoms with E-state index in [1.165, 1.54) is 18.9 Å². The maximum absolute atomic E-state index is 13.7. The summed E-state index contributed by atoms with van der Waals surface area (Å²) in [5, 5.41) is 3.43. The lowest BCUT2D eigenvalue weighted by Crippen LogP contribution is -2.16. The Hall–Kier alpha value is -1.81. The van der Waals surface area contributed by atoms with Gasteiger partial charge in [-0.05, 0) is 44.4 Å². The van der Waals surface area contributed by atoms with E-state index in [1.807, 2.05) is 19.1 Å². The minimum Gasteiger partial charge on any atom is -0.308 e. The molecule has 3 nitrogen and oxygen atoms in total. The van der Waals surface area contributed by atoms with Gasteiger partial charge in [-0.25, -0.2) is 14.4 Å². The van der Waals surface area contributed by atoms with Gasteiger partial charge in [0.15, 0.2) is 5.82 Å². The van der Waals surface area contributed by atoms with E-state index in [4.69, 9.17) is 0 Å². The van der Waals surface area contributed by atoms with Crippen LogP contribution in [0.25, 0.3) is 11.4 Å². The van der Waals surface area contributed by atoms with Crippen molar-refractivity contribution in [2.75, 3.05) is 0 Å². The molecule has 1 aliphatic carbocycles. The van der Waals surface area contributed by atoms with Crippen molar-refractivity contribution in [1.29, 1.82) is 0 Å². The molecular weight excluding hydrogens is 253 g/mol. The number of hydrogen-bond donors (Lipinski definition) is 1. The lowest BCUT2D eigenvalue weighted by atomic mass is 10.1. The summed E-state index contributed by atoms with van der Waals surface area (Å²) in [5.74, 6) is 0.377. The van der Waals surface area contributed by atoms with Gasteiger partial charge in [0.25, 0.3) is 0 Å². The lowest BCUT2D eigenvalue weighted by molar-refractivity contribution is 0.619. The van der Waals surface area contributed by atoms with Crippen molar-refractivity contribution < 1.29 is 4.39 Å². The fourth-order valence-corrected chi connectivity index (χ4v) is 2.12. The molecule has 0 bridgehead atoms. The van der Waals surface area contributed by atoms with E-state index in [2.05, 4.69) is 15.3 Å². The second-order valence-electron chi connectivity index (χ2n) is 5.44. The van der Waals surface area contributed by atoms with Gasteiger partial charge in [0.2, 0.25) is 0 Å². The van der Waals surface area contributed by atoms with Crippen molar-refractivity contribution in [3.05, 3.63) is 47.0 Å². The summed E-state index contributed by atoms with van der Waals surface area (Å²) in [6.45, 7) is 4.44. The van der Waals surface area contributed by atoms with Crippen molar-refractivity contribution in [3.8, 4) is 11.4 Å². The van der Waals surface area contributed by atoms with Gasteiger partial charge < -0.3 is 5.32 Å². The predicted molar refractivity (Wildman–Crippen MR) is 76.8 cm³/mol. The highest BCUT2D eigenvalue weighted by atomic mass is 19.1. The zero-order chi connectivity index (χ0) is 14.1. The quantitative estimate of drug-likeness (QED) is 0.928. The molecule has 1 aromatic heterocycles. The zero-order valence-electron chi connectivity index (χ0n) is 11.8. The number of nitrogens with one attached hydrogen (secondary N) is 1. The summed E-state index contributed by atoms with van der Waals surface area (Å²) in [6, 6.07) is 7.75. The first kappa shape index (κ1) is 13.2. The minimum atomic E-state index is -0.217. The molecule has 1 N–H and O–H groups in total. The van der Waals surface area contributed by atoms with Gasteiger partial charge in [-0.3, -0.25) is 0 Å². The Morgan fingerprint density at radius 3 is 2.70 bits per heavy atom. The van der Waals surface area contributed by atoms with Crippen LogP contribution in [0.5, 0.6) is 0 Å². The van der Waals surface area contributed by atoms with Crippen molar-refractivity contribution >= 4 is 0 Å². The smallest absolute Gasteiger partial charge is 0.159 e. The molecule has 1 heterocycles. The Kier molecular flexibility index (Phi) is 3.49. The first-order valence-corrected chi connectivity index (χ1v) is 6.96. The first-order chi connectivity index (χ1) is 9.61. The highest BCUT2D eigenvalue weighted by Gasteiger charge is 2.20. The highest BCUT2D eigenvalue weighted by Crippen LogP contribution is 2.21. The maximum Gasteiger partial charge on any atom is 0.159 e. The first-order valence-electron chi connectivity index (χ1n) is 6.96. The Bertz CT molecular complexity index is 636. The zero-order valence-corrected chi connectivity index (χ0v) is 11.8. The van der Waals surface area contributed by atoms with E-state index in [0.29, 0.717) is 17.4 Å². The SMILES string of the molecule is Cc1cc(CNC2CC2)nc(-c2ccc(C)c(F)c2)n1. The molecule has 0 amide bonds.